The molecule has 0 fully saturated rings. The molecule has 0 aliphatic rings. The first-order chi connectivity index (χ1) is 14.8. The van der Waals surface area contributed by atoms with Gasteiger partial charge in [-0.3, -0.25) is 20.1 Å². The van der Waals surface area contributed by atoms with Crippen LogP contribution in [0.15, 0.2) is 60.7 Å². The number of allylic oxidation sites excluding steroid dienone is 1. The van der Waals surface area contributed by atoms with Crippen molar-refractivity contribution in [1.29, 1.82) is 0 Å². The van der Waals surface area contributed by atoms with Gasteiger partial charge in [-0.15, -0.1) is 0 Å². The number of hydrogen-bond donors (Lipinski definition) is 4. The maximum atomic E-state index is 12.5. The topological polar surface area (TPSA) is 125 Å². The predicted molar refractivity (Wildman–Crippen MR) is 115 cm³/mol. The van der Waals surface area contributed by atoms with Crippen LogP contribution in [0.5, 0.6) is 5.75 Å². The molecule has 2 aromatic rings. The minimum absolute atomic E-state index is 0.0686. The quantitative estimate of drug-likeness (QED) is 0.204. The van der Waals surface area contributed by atoms with E-state index >= 15 is 0 Å². The number of rotatable bonds is 9. The van der Waals surface area contributed by atoms with Crippen molar-refractivity contribution in [3.05, 3.63) is 71.8 Å². The highest BCUT2D eigenvalue weighted by molar-refractivity contribution is 5.95. The molecule has 0 aliphatic carbocycles. The molecule has 0 heterocycles. The van der Waals surface area contributed by atoms with E-state index in [0.717, 1.165) is 0 Å². The standard InChI is InChI=1S/C23H26N2O6/c1-15(5-3-4-6-21(28)25-30)22(18-9-13-20(27)14-10-18)31-23(29)24-19-11-7-17(8-12-19)16(2)26/h4,6-15,22,27,30H,3,5H2,1-2H3,(H,24,29)(H,25,28)/b6-4+/t15-,22+/m1/s1. The number of phenols is 1. The molecule has 8 nitrogen and oxygen atoms in total. The third kappa shape index (κ3) is 7.60. The highest BCUT2D eigenvalue weighted by Gasteiger charge is 2.23. The second-order valence-corrected chi connectivity index (χ2v) is 7.11. The molecule has 2 amide bonds. The third-order valence-corrected chi connectivity index (χ3v) is 4.68. The number of hydrogen-bond acceptors (Lipinski definition) is 6. The van der Waals surface area contributed by atoms with Gasteiger partial charge >= 0.3 is 6.09 Å². The van der Waals surface area contributed by atoms with Crippen LogP contribution >= 0.6 is 0 Å². The SMILES string of the molecule is CC(=O)c1ccc(NC(=O)O[C@H](c2ccc(O)cc2)[C@H](C)CC/C=C/C(=O)NO)cc1. The fraction of sp³-hybridized carbons (Fsp3) is 0.261. The summed E-state index contributed by atoms with van der Waals surface area (Å²) in [5.74, 6) is -0.699. The number of ketones is 1. The van der Waals surface area contributed by atoms with Crippen molar-refractivity contribution >= 4 is 23.5 Å². The molecule has 0 spiro atoms. The van der Waals surface area contributed by atoms with E-state index in [-0.39, 0.29) is 17.5 Å². The summed E-state index contributed by atoms with van der Waals surface area (Å²) in [4.78, 5) is 34.9. The van der Waals surface area contributed by atoms with E-state index in [1.54, 1.807) is 42.5 Å². The van der Waals surface area contributed by atoms with Gasteiger partial charge in [0.05, 0.1) is 0 Å². The van der Waals surface area contributed by atoms with Crippen LogP contribution in [0.1, 0.15) is 48.7 Å². The van der Waals surface area contributed by atoms with Gasteiger partial charge in [0.2, 0.25) is 0 Å². The number of benzene rings is 2. The summed E-state index contributed by atoms with van der Waals surface area (Å²) >= 11 is 0. The summed E-state index contributed by atoms with van der Waals surface area (Å²) in [6.07, 6.45) is 2.71. The minimum Gasteiger partial charge on any atom is -0.508 e. The Bertz CT molecular complexity index is 922. The minimum atomic E-state index is -0.657. The first-order valence-electron chi connectivity index (χ1n) is 9.78. The van der Waals surface area contributed by atoms with Crippen molar-refractivity contribution in [1.82, 2.24) is 5.48 Å². The van der Waals surface area contributed by atoms with E-state index < -0.39 is 18.1 Å². The number of carbonyl (C=O) groups excluding carboxylic acids is 3. The van der Waals surface area contributed by atoms with E-state index in [4.69, 9.17) is 9.94 Å². The largest absolute Gasteiger partial charge is 0.508 e. The zero-order valence-electron chi connectivity index (χ0n) is 17.4. The summed E-state index contributed by atoms with van der Waals surface area (Å²) in [5.41, 5.74) is 3.26. The monoisotopic (exact) mass is 426 g/mol. The van der Waals surface area contributed by atoms with E-state index in [0.29, 0.717) is 29.7 Å². The number of anilines is 1. The smallest absolute Gasteiger partial charge is 0.412 e. The van der Waals surface area contributed by atoms with E-state index in [1.165, 1.54) is 30.6 Å². The van der Waals surface area contributed by atoms with Gasteiger partial charge in [0.1, 0.15) is 11.9 Å². The average Bonchev–Trinajstić information content (AvgIpc) is 2.75. The maximum absolute atomic E-state index is 12.5. The van der Waals surface area contributed by atoms with Crippen LogP contribution in [-0.2, 0) is 9.53 Å². The molecule has 31 heavy (non-hydrogen) atoms. The number of amides is 2. The Morgan fingerprint density at radius 3 is 2.29 bits per heavy atom. The molecule has 0 unspecified atom stereocenters. The summed E-state index contributed by atoms with van der Waals surface area (Å²) in [7, 11) is 0. The Hall–Kier alpha value is -3.65. The number of hydroxylamine groups is 1. The summed E-state index contributed by atoms with van der Waals surface area (Å²) in [5, 5.41) is 20.7. The lowest BCUT2D eigenvalue weighted by atomic mass is 9.93. The van der Waals surface area contributed by atoms with Crippen molar-refractivity contribution in [3.8, 4) is 5.75 Å². The molecule has 164 valence electrons. The lowest BCUT2D eigenvalue weighted by Crippen LogP contribution is -2.22. The van der Waals surface area contributed by atoms with Crippen molar-refractivity contribution in [2.45, 2.75) is 32.8 Å². The molecule has 0 radical (unpaired) electrons. The first kappa shape index (κ1) is 23.6. The Kier molecular flexibility index (Phi) is 8.78. The number of phenolic OH excluding ortho intramolecular Hbond substituents is 1. The second-order valence-electron chi connectivity index (χ2n) is 7.11. The molecule has 0 aliphatic heterocycles. The van der Waals surface area contributed by atoms with Crippen molar-refractivity contribution in [2.75, 3.05) is 5.32 Å². The highest BCUT2D eigenvalue weighted by Crippen LogP contribution is 2.31. The summed E-state index contributed by atoms with van der Waals surface area (Å²) in [6, 6.07) is 12.9. The molecular formula is C23H26N2O6. The molecule has 0 saturated carbocycles. The van der Waals surface area contributed by atoms with E-state index in [2.05, 4.69) is 5.32 Å². The van der Waals surface area contributed by atoms with Gasteiger partial charge < -0.3 is 9.84 Å². The molecule has 0 aromatic heterocycles. The van der Waals surface area contributed by atoms with Gasteiger partial charge in [-0.25, -0.2) is 10.3 Å². The molecule has 8 heteroatoms. The van der Waals surface area contributed by atoms with Crippen LogP contribution < -0.4 is 10.8 Å². The summed E-state index contributed by atoms with van der Waals surface area (Å²) in [6.45, 7) is 3.37. The number of Topliss-reactive ketones (excluding diaryl/α,β-unsaturated/α-hetero) is 1. The first-order valence-corrected chi connectivity index (χ1v) is 9.78. The fourth-order valence-electron chi connectivity index (χ4n) is 2.97. The molecule has 0 saturated heterocycles. The number of carbonyl (C=O) groups is 3. The normalized spacial score (nSPS) is 12.7. The highest BCUT2D eigenvalue weighted by atomic mass is 16.6. The van der Waals surface area contributed by atoms with E-state index in [1.807, 2.05) is 6.92 Å². The predicted octanol–water partition coefficient (Wildman–Crippen LogP) is 4.36. The fourth-order valence-corrected chi connectivity index (χ4v) is 2.97. The Morgan fingerprint density at radius 1 is 1.06 bits per heavy atom. The number of ether oxygens (including phenoxy) is 1. The lowest BCUT2D eigenvalue weighted by molar-refractivity contribution is -0.124. The Morgan fingerprint density at radius 2 is 1.71 bits per heavy atom. The second kappa shape index (κ2) is 11.5. The van der Waals surface area contributed by atoms with Crippen LogP contribution in [0.2, 0.25) is 0 Å². The zero-order chi connectivity index (χ0) is 22.8. The molecule has 2 rings (SSSR count). The average molecular weight is 426 g/mol. The van der Waals surface area contributed by atoms with Gasteiger partial charge in [0.15, 0.2) is 5.78 Å². The number of nitrogens with one attached hydrogen (secondary N) is 2. The van der Waals surface area contributed by atoms with Crippen LogP contribution in [0.3, 0.4) is 0 Å². The molecule has 2 aromatic carbocycles. The van der Waals surface area contributed by atoms with Crippen molar-refractivity contribution in [3.63, 3.8) is 0 Å². The van der Waals surface area contributed by atoms with Crippen molar-refractivity contribution in [2.24, 2.45) is 5.92 Å². The van der Waals surface area contributed by atoms with Crippen LogP contribution in [0.4, 0.5) is 10.5 Å². The van der Waals surface area contributed by atoms with Crippen molar-refractivity contribution < 1.29 is 29.4 Å². The lowest BCUT2D eigenvalue weighted by Gasteiger charge is -2.24. The third-order valence-electron chi connectivity index (χ3n) is 4.68. The van der Waals surface area contributed by atoms with Crippen LogP contribution in [-0.4, -0.2) is 28.1 Å². The summed E-state index contributed by atoms with van der Waals surface area (Å²) < 4.78 is 5.68. The van der Waals surface area contributed by atoms with Gasteiger partial charge in [-0.1, -0.05) is 25.1 Å². The van der Waals surface area contributed by atoms with Gasteiger partial charge in [0.25, 0.3) is 5.91 Å². The van der Waals surface area contributed by atoms with Gasteiger partial charge in [-0.2, -0.15) is 0 Å². The maximum Gasteiger partial charge on any atom is 0.412 e. The van der Waals surface area contributed by atoms with Gasteiger partial charge in [0, 0.05) is 17.3 Å². The molecule has 2 atom stereocenters. The van der Waals surface area contributed by atoms with E-state index in [9.17, 15) is 19.5 Å². The molecule has 0 bridgehead atoms. The van der Waals surface area contributed by atoms with Crippen LogP contribution in [0.25, 0.3) is 0 Å². The van der Waals surface area contributed by atoms with Gasteiger partial charge in [-0.05, 0) is 67.6 Å². The Balaban J connectivity index is 2.07. The molecular weight excluding hydrogens is 400 g/mol. The number of aromatic hydroxyl groups is 1. The Labute approximate surface area is 180 Å². The van der Waals surface area contributed by atoms with Crippen LogP contribution in [0, 0.1) is 5.92 Å². The zero-order valence-corrected chi connectivity index (χ0v) is 17.4. The molecule has 4 N–H and O–H groups in total.